The number of allylic oxidation sites excluding steroid dienone is 2. The van der Waals surface area contributed by atoms with E-state index in [-0.39, 0.29) is 0 Å². The van der Waals surface area contributed by atoms with Crippen molar-refractivity contribution in [3.8, 4) is 0 Å². The lowest BCUT2D eigenvalue weighted by Crippen LogP contribution is -2.37. The molecule has 0 spiro atoms. The molecule has 4 rings (SSSR count). The van der Waals surface area contributed by atoms with E-state index in [4.69, 9.17) is 0 Å². The molecule has 0 atom stereocenters. The van der Waals surface area contributed by atoms with Crippen LogP contribution in [0.25, 0.3) is 11.2 Å². The number of likely N-dealkylation sites (tertiary alicyclic amines) is 1. The molecule has 3 aromatic rings. The maximum atomic E-state index is 4.68. The van der Waals surface area contributed by atoms with Gasteiger partial charge in [-0.25, -0.2) is 9.97 Å². The highest BCUT2D eigenvalue weighted by atomic mass is 32.1. The van der Waals surface area contributed by atoms with E-state index in [1.165, 1.54) is 24.4 Å². The summed E-state index contributed by atoms with van der Waals surface area (Å²) in [7, 11) is 1.87. The molecule has 0 saturated carbocycles. The lowest BCUT2D eigenvalue weighted by atomic mass is 9.75. The van der Waals surface area contributed by atoms with Gasteiger partial charge in [-0.1, -0.05) is 47.3 Å². The summed E-state index contributed by atoms with van der Waals surface area (Å²) in [4.78, 5) is 11.6. The van der Waals surface area contributed by atoms with Crippen molar-refractivity contribution in [2.45, 2.75) is 54.0 Å². The van der Waals surface area contributed by atoms with Gasteiger partial charge in [0.25, 0.3) is 0 Å². The number of rotatable bonds is 7. The van der Waals surface area contributed by atoms with Crippen molar-refractivity contribution in [1.82, 2.24) is 29.0 Å². The van der Waals surface area contributed by atoms with Crippen LogP contribution >= 0.6 is 11.5 Å². The summed E-state index contributed by atoms with van der Waals surface area (Å²) in [6.07, 6.45) is 11.8. The average molecular weight is 482 g/mol. The standard InChI is InChI=1S/C24H33N7S.C2H6/c1-6-17(14-25-5)20-15-27-23-22(26-9-12-31(20)23)28-21-13-19(29-32-21)16-30-10-7-18(8-11-30)24(2,3)4;1-2/h6,9,12-15,18,25H,1,7-8,10-11,16H2,2-5H3,(H,26,28);1-2H3/b17-14+;. The number of nitrogens with zero attached hydrogens (tertiary/aromatic N) is 5. The summed E-state index contributed by atoms with van der Waals surface area (Å²) >= 11 is 1.47. The van der Waals surface area contributed by atoms with E-state index in [1.54, 1.807) is 6.20 Å². The van der Waals surface area contributed by atoms with Crippen molar-refractivity contribution >= 4 is 33.6 Å². The summed E-state index contributed by atoms with van der Waals surface area (Å²) in [5.41, 5.74) is 4.20. The predicted molar refractivity (Wildman–Crippen MR) is 144 cm³/mol. The van der Waals surface area contributed by atoms with Crippen molar-refractivity contribution in [2.75, 3.05) is 25.5 Å². The van der Waals surface area contributed by atoms with Crippen LogP contribution in [0.15, 0.2) is 43.5 Å². The molecule has 2 N–H and O–H groups in total. The Kier molecular flexibility index (Phi) is 8.85. The Morgan fingerprint density at radius 1 is 1.24 bits per heavy atom. The summed E-state index contributed by atoms with van der Waals surface area (Å²) < 4.78 is 6.69. The molecule has 0 amide bonds. The van der Waals surface area contributed by atoms with Crippen molar-refractivity contribution in [3.63, 3.8) is 0 Å². The van der Waals surface area contributed by atoms with Gasteiger partial charge in [-0.2, -0.15) is 4.37 Å². The number of hydrogen-bond acceptors (Lipinski definition) is 7. The van der Waals surface area contributed by atoms with Gasteiger partial charge in [-0.15, -0.1) is 0 Å². The Morgan fingerprint density at radius 2 is 1.97 bits per heavy atom. The summed E-state index contributed by atoms with van der Waals surface area (Å²) in [6, 6.07) is 2.13. The molecule has 4 heterocycles. The summed E-state index contributed by atoms with van der Waals surface area (Å²) in [5.74, 6) is 1.52. The molecule has 184 valence electrons. The number of imidazole rings is 1. The predicted octanol–water partition coefficient (Wildman–Crippen LogP) is 5.96. The molecule has 0 radical (unpaired) electrons. The van der Waals surface area contributed by atoms with Crippen molar-refractivity contribution in [3.05, 3.63) is 54.9 Å². The van der Waals surface area contributed by atoms with Crippen LogP contribution in [0.4, 0.5) is 10.8 Å². The Labute approximate surface area is 208 Å². The van der Waals surface area contributed by atoms with Gasteiger partial charge in [-0.3, -0.25) is 9.30 Å². The second kappa shape index (κ2) is 11.6. The van der Waals surface area contributed by atoms with Crippen LogP contribution in [0.5, 0.6) is 0 Å². The molecule has 1 fully saturated rings. The largest absolute Gasteiger partial charge is 0.393 e. The highest BCUT2D eigenvalue weighted by molar-refractivity contribution is 7.10. The van der Waals surface area contributed by atoms with Crippen molar-refractivity contribution < 1.29 is 0 Å². The zero-order valence-electron chi connectivity index (χ0n) is 21.4. The third-order valence-corrected chi connectivity index (χ3v) is 6.98. The quantitative estimate of drug-likeness (QED) is 0.406. The molecule has 0 unspecified atom stereocenters. The third kappa shape index (κ3) is 6.04. The molecule has 8 heteroatoms. The lowest BCUT2D eigenvalue weighted by molar-refractivity contribution is 0.107. The monoisotopic (exact) mass is 481 g/mol. The molecule has 7 nitrogen and oxygen atoms in total. The van der Waals surface area contributed by atoms with Gasteiger partial charge < -0.3 is 10.6 Å². The number of piperidine rings is 1. The third-order valence-electron chi connectivity index (χ3n) is 6.24. The molecular weight excluding hydrogens is 442 g/mol. The molecular formula is C26H39N7S. The van der Waals surface area contributed by atoms with E-state index >= 15 is 0 Å². The molecule has 0 bridgehead atoms. The molecule has 0 aliphatic carbocycles. The van der Waals surface area contributed by atoms with Gasteiger partial charge in [0.1, 0.15) is 5.00 Å². The van der Waals surface area contributed by atoms with E-state index in [0.29, 0.717) is 11.2 Å². The van der Waals surface area contributed by atoms with Gasteiger partial charge in [-0.05, 0) is 54.9 Å². The van der Waals surface area contributed by atoms with E-state index in [2.05, 4.69) is 63.3 Å². The first-order valence-corrected chi connectivity index (χ1v) is 12.9. The van der Waals surface area contributed by atoms with Crippen LogP contribution in [0, 0.1) is 11.3 Å². The van der Waals surface area contributed by atoms with Crippen LogP contribution in [0.2, 0.25) is 0 Å². The SMILES string of the molecule is C=C/C(=C\NC)c1cnc2c(Nc3cc(CN4CCC(C(C)(C)C)CC4)ns3)nccn12.CC. The topological polar surface area (TPSA) is 70.4 Å². The zero-order valence-corrected chi connectivity index (χ0v) is 22.2. The second-order valence-corrected chi connectivity index (χ2v) is 10.2. The highest BCUT2D eigenvalue weighted by Crippen LogP contribution is 2.35. The molecule has 0 aromatic carbocycles. The summed E-state index contributed by atoms with van der Waals surface area (Å²) in [5, 5.41) is 7.45. The van der Waals surface area contributed by atoms with E-state index in [9.17, 15) is 0 Å². The van der Waals surface area contributed by atoms with Crippen LogP contribution in [0.1, 0.15) is 58.8 Å². The van der Waals surface area contributed by atoms with Crippen LogP contribution in [-0.4, -0.2) is 43.8 Å². The van der Waals surface area contributed by atoms with Gasteiger partial charge in [0, 0.05) is 37.8 Å². The Hall–Kier alpha value is -2.71. The molecule has 1 aliphatic heterocycles. The molecule has 3 aromatic heterocycles. The number of fused-ring (bicyclic) bond motifs is 1. The Bertz CT molecular complexity index is 1100. The Balaban J connectivity index is 0.00000158. The van der Waals surface area contributed by atoms with Gasteiger partial charge in [0.05, 0.1) is 17.6 Å². The first-order valence-electron chi connectivity index (χ1n) is 12.2. The smallest absolute Gasteiger partial charge is 0.180 e. The Morgan fingerprint density at radius 3 is 2.62 bits per heavy atom. The van der Waals surface area contributed by atoms with Crippen LogP contribution in [0.3, 0.4) is 0 Å². The first-order chi connectivity index (χ1) is 16.4. The fraction of sp³-hybridized carbons (Fsp3) is 0.500. The van der Waals surface area contributed by atoms with Gasteiger partial charge in [0.15, 0.2) is 11.5 Å². The number of aromatic nitrogens is 4. The zero-order chi connectivity index (χ0) is 24.7. The van der Waals surface area contributed by atoms with Gasteiger partial charge >= 0.3 is 0 Å². The van der Waals surface area contributed by atoms with Crippen LogP contribution < -0.4 is 10.6 Å². The van der Waals surface area contributed by atoms with E-state index in [1.807, 2.05) is 50.0 Å². The minimum absolute atomic E-state index is 0.403. The van der Waals surface area contributed by atoms with E-state index < -0.39 is 0 Å². The fourth-order valence-corrected chi connectivity index (χ4v) is 5.02. The van der Waals surface area contributed by atoms with Crippen molar-refractivity contribution in [1.29, 1.82) is 0 Å². The maximum absolute atomic E-state index is 4.68. The van der Waals surface area contributed by atoms with Gasteiger partial charge in [0.2, 0.25) is 0 Å². The number of anilines is 2. The number of nitrogens with one attached hydrogen (secondary N) is 2. The molecule has 34 heavy (non-hydrogen) atoms. The lowest BCUT2D eigenvalue weighted by Gasteiger charge is -2.38. The molecule has 1 aliphatic rings. The highest BCUT2D eigenvalue weighted by Gasteiger charge is 2.28. The minimum Gasteiger partial charge on any atom is -0.393 e. The number of hydrogen-bond donors (Lipinski definition) is 2. The van der Waals surface area contributed by atoms with Crippen LogP contribution in [-0.2, 0) is 6.54 Å². The average Bonchev–Trinajstić information content (AvgIpc) is 3.46. The summed E-state index contributed by atoms with van der Waals surface area (Å²) in [6.45, 7) is 18.2. The fourth-order valence-electron chi connectivity index (χ4n) is 4.36. The first kappa shape index (κ1) is 25.9. The van der Waals surface area contributed by atoms with E-state index in [0.717, 1.165) is 53.2 Å². The minimum atomic E-state index is 0.403. The second-order valence-electron chi connectivity index (χ2n) is 9.43. The normalized spacial score (nSPS) is 15.6. The molecule has 1 saturated heterocycles. The van der Waals surface area contributed by atoms with Crippen molar-refractivity contribution in [2.24, 2.45) is 11.3 Å². The maximum Gasteiger partial charge on any atom is 0.180 e.